The Bertz CT molecular complexity index is 610. The number of hydrogen-bond acceptors (Lipinski definition) is 6. The van der Waals surface area contributed by atoms with Crippen molar-refractivity contribution in [1.82, 2.24) is 9.55 Å². The largest absolute Gasteiger partial charge is 0.393 e. The molecule has 0 saturated carbocycles. The number of aliphatic hydroxyl groups excluding tert-OH is 2. The summed E-state index contributed by atoms with van der Waals surface area (Å²) >= 11 is 0. The number of carbonyl (C=O) groups is 1. The molecule has 0 aliphatic carbocycles. The molecule has 8 nitrogen and oxygen atoms in total. The van der Waals surface area contributed by atoms with Crippen LogP contribution in [0.1, 0.15) is 19.1 Å². The predicted octanol–water partition coefficient (Wildman–Crippen LogP) is -0.496. The number of halogens is 2. The molecule has 1 aromatic rings. The van der Waals surface area contributed by atoms with Gasteiger partial charge >= 0.3 is 5.69 Å². The summed E-state index contributed by atoms with van der Waals surface area (Å²) in [6, 6.07) is 1.34. The summed E-state index contributed by atoms with van der Waals surface area (Å²) in [5.41, 5.74) is -0.894. The van der Waals surface area contributed by atoms with Crippen molar-refractivity contribution in [2.75, 3.05) is 24.7 Å². The molecule has 0 unspecified atom stereocenters. The van der Waals surface area contributed by atoms with Crippen LogP contribution in [-0.4, -0.2) is 58.0 Å². The smallest absolute Gasteiger partial charge is 0.351 e. The van der Waals surface area contributed by atoms with Crippen molar-refractivity contribution in [3.05, 3.63) is 22.7 Å². The monoisotopic (exact) mass is 333 g/mol. The summed E-state index contributed by atoms with van der Waals surface area (Å²) in [6.45, 7) is -1.65. The van der Waals surface area contributed by atoms with Crippen LogP contribution >= 0.6 is 0 Å². The third-order valence-electron chi connectivity index (χ3n) is 3.43. The van der Waals surface area contributed by atoms with Crippen LogP contribution in [0.2, 0.25) is 0 Å². The lowest BCUT2D eigenvalue weighted by molar-refractivity contribution is -0.165. The van der Waals surface area contributed by atoms with E-state index in [1.165, 1.54) is 17.2 Å². The topological polar surface area (TPSA) is 105 Å². The summed E-state index contributed by atoms with van der Waals surface area (Å²) in [4.78, 5) is 28.7. The number of anilines is 1. The van der Waals surface area contributed by atoms with Gasteiger partial charge in [0.15, 0.2) is 6.23 Å². The second-order valence-electron chi connectivity index (χ2n) is 4.96. The van der Waals surface area contributed by atoms with Gasteiger partial charge in [0.25, 0.3) is 0 Å². The molecule has 10 heteroatoms. The Hall–Kier alpha value is -1.91. The van der Waals surface area contributed by atoms with E-state index in [9.17, 15) is 18.4 Å². The van der Waals surface area contributed by atoms with Crippen molar-refractivity contribution in [3.8, 4) is 0 Å². The molecule has 1 aromatic heterocycles. The van der Waals surface area contributed by atoms with Gasteiger partial charge in [-0.2, -0.15) is 4.98 Å². The lowest BCUT2D eigenvalue weighted by atomic mass is 10.4. The molecule has 128 valence electrons. The molecule has 1 saturated heterocycles. The molecule has 1 aliphatic rings. The number of rotatable bonds is 7. The molecule has 0 spiro atoms. The number of amides is 1. The van der Waals surface area contributed by atoms with Crippen LogP contribution in [0.15, 0.2) is 17.1 Å². The maximum Gasteiger partial charge on any atom is 0.351 e. The average molecular weight is 333 g/mol. The molecule has 2 rings (SSSR count). The Labute approximate surface area is 129 Å². The first-order valence-corrected chi connectivity index (χ1v) is 7.02. The zero-order valence-electron chi connectivity index (χ0n) is 12.1. The third-order valence-corrected chi connectivity index (χ3v) is 3.43. The van der Waals surface area contributed by atoms with Crippen LogP contribution in [0.4, 0.5) is 14.6 Å². The van der Waals surface area contributed by atoms with Crippen molar-refractivity contribution in [2.45, 2.75) is 31.5 Å². The highest BCUT2D eigenvalue weighted by atomic mass is 19.1. The molecular weight excluding hydrogens is 316 g/mol. The molecule has 0 radical (unpaired) electrons. The minimum Gasteiger partial charge on any atom is -0.393 e. The molecule has 0 bridgehead atoms. The molecule has 3 atom stereocenters. The number of ether oxygens (including phenoxy) is 1. The quantitative estimate of drug-likeness (QED) is 0.697. The predicted molar refractivity (Wildman–Crippen MR) is 74.2 cm³/mol. The Morgan fingerprint density at radius 3 is 2.65 bits per heavy atom. The van der Waals surface area contributed by atoms with Crippen molar-refractivity contribution >= 4 is 11.7 Å². The maximum absolute atomic E-state index is 13.1. The Kier molecular flexibility index (Phi) is 5.74. The van der Waals surface area contributed by atoms with Crippen LogP contribution in [0.5, 0.6) is 0 Å². The molecule has 0 aromatic carbocycles. The molecule has 1 fully saturated rings. The fourth-order valence-corrected chi connectivity index (χ4v) is 2.24. The van der Waals surface area contributed by atoms with E-state index in [1.54, 1.807) is 0 Å². The van der Waals surface area contributed by atoms with Crippen LogP contribution in [-0.2, 0) is 9.53 Å². The Morgan fingerprint density at radius 1 is 1.43 bits per heavy atom. The molecule has 2 heterocycles. The van der Waals surface area contributed by atoms with E-state index in [2.05, 4.69) is 4.98 Å². The van der Waals surface area contributed by atoms with Crippen LogP contribution in [0.25, 0.3) is 0 Å². The van der Waals surface area contributed by atoms with Gasteiger partial charge in [-0.15, -0.1) is 0 Å². The van der Waals surface area contributed by atoms with Crippen molar-refractivity contribution in [3.63, 3.8) is 0 Å². The van der Waals surface area contributed by atoms with Gasteiger partial charge in [-0.1, -0.05) is 0 Å². The SMILES string of the molecule is O=C1CCCN1c1ccn([C@@H](CF)O[C@H](CO)[C@@H](O)F)c(=O)n1. The minimum absolute atomic E-state index is 0.149. The van der Waals surface area contributed by atoms with E-state index in [0.29, 0.717) is 19.4 Å². The van der Waals surface area contributed by atoms with Gasteiger partial charge in [-0.3, -0.25) is 14.3 Å². The zero-order chi connectivity index (χ0) is 17.0. The summed E-state index contributed by atoms with van der Waals surface area (Å²) in [6.07, 6.45) is -3.58. The molecule has 1 amide bonds. The number of alkyl halides is 2. The average Bonchev–Trinajstić information content (AvgIpc) is 2.95. The number of aromatic nitrogens is 2. The van der Waals surface area contributed by atoms with Crippen LogP contribution in [0.3, 0.4) is 0 Å². The number of hydrogen-bond donors (Lipinski definition) is 2. The highest BCUT2D eigenvalue weighted by Gasteiger charge is 2.26. The molecule has 2 N–H and O–H groups in total. The highest BCUT2D eigenvalue weighted by Crippen LogP contribution is 2.19. The lowest BCUT2D eigenvalue weighted by Crippen LogP contribution is -2.37. The molecular formula is C13H17F2N3O5. The summed E-state index contributed by atoms with van der Waals surface area (Å²) in [5, 5.41) is 17.6. The van der Waals surface area contributed by atoms with E-state index >= 15 is 0 Å². The van der Waals surface area contributed by atoms with Crippen molar-refractivity contribution in [1.29, 1.82) is 0 Å². The number of carbonyl (C=O) groups excluding carboxylic acids is 1. The van der Waals surface area contributed by atoms with Crippen molar-refractivity contribution < 1.29 is 28.5 Å². The molecule has 23 heavy (non-hydrogen) atoms. The van der Waals surface area contributed by atoms with Crippen LogP contribution in [0, 0.1) is 0 Å². The fraction of sp³-hybridized carbons (Fsp3) is 0.615. The van der Waals surface area contributed by atoms with E-state index < -0.39 is 37.7 Å². The summed E-state index contributed by atoms with van der Waals surface area (Å²) in [5.74, 6) is -0.00979. The zero-order valence-corrected chi connectivity index (χ0v) is 12.1. The van der Waals surface area contributed by atoms with E-state index in [-0.39, 0.29) is 11.7 Å². The van der Waals surface area contributed by atoms with Crippen molar-refractivity contribution in [2.24, 2.45) is 0 Å². The van der Waals surface area contributed by atoms with Gasteiger partial charge in [0.05, 0.1) is 6.61 Å². The normalized spacial score (nSPS) is 19.0. The van der Waals surface area contributed by atoms with Gasteiger partial charge < -0.3 is 14.9 Å². The first kappa shape index (κ1) is 17.4. The van der Waals surface area contributed by atoms with Gasteiger partial charge in [0.2, 0.25) is 12.3 Å². The molecule has 1 aliphatic heterocycles. The Balaban J connectivity index is 2.21. The number of nitrogens with zero attached hydrogens (tertiary/aromatic N) is 3. The lowest BCUT2D eigenvalue weighted by Gasteiger charge is -2.23. The van der Waals surface area contributed by atoms with Gasteiger partial charge in [-0.25, -0.2) is 13.6 Å². The van der Waals surface area contributed by atoms with E-state index in [4.69, 9.17) is 14.9 Å². The minimum atomic E-state index is -2.53. The standard InChI is InChI=1S/C13H17F2N3O5/c14-6-11(23-8(7-19)12(15)21)18-5-3-9(16-13(18)22)17-4-1-2-10(17)20/h3,5,8,11-12,19,21H,1-2,4,6-7H2/t8-,11-,12-/m1/s1. The third kappa shape index (κ3) is 3.89. The maximum atomic E-state index is 13.1. The second kappa shape index (κ2) is 7.57. The van der Waals surface area contributed by atoms with E-state index in [1.807, 2.05) is 0 Å². The second-order valence-corrected chi connectivity index (χ2v) is 4.96. The van der Waals surface area contributed by atoms with E-state index in [0.717, 1.165) is 4.57 Å². The highest BCUT2D eigenvalue weighted by molar-refractivity contribution is 5.94. The van der Waals surface area contributed by atoms with Gasteiger partial charge in [0, 0.05) is 19.2 Å². The van der Waals surface area contributed by atoms with Gasteiger partial charge in [-0.05, 0) is 12.5 Å². The van der Waals surface area contributed by atoms with Crippen LogP contribution < -0.4 is 10.6 Å². The van der Waals surface area contributed by atoms with Gasteiger partial charge in [0.1, 0.15) is 18.6 Å². The first-order valence-electron chi connectivity index (χ1n) is 7.02. The fourth-order valence-electron chi connectivity index (χ4n) is 2.24. The Morgan fingerprint density at radius 2 is 2.17 bits per heavy atom. The number of aliphatic hydroxyl groups is 2. The first-order chi connectivity index (χ1) is 11.0. The summed E-state index contributed by atoms with van der Waals surface area (Å²) in [7, 11) is 0. The summed E-state index contributed by atoms with van der Waals surface area (Å²) < 4.78 is 31.5.